The Kier molecular flexibility index (Phi) is 6.07. The van der Waals surface area contributed by atoms with E-state index in [4.69, 9.17) is 0 Å². The molecular weight excluding hydrogens is 366 g/mol. The van der Waals surface area contributed by atoms with Gasteiger partial charge in [0.05, 0.1) is 0 Å². The van der Waals surface area contributed by atoms with Gasteiger partial charge < -0.3 is 20.5 Å². The molecule has 0 bridgehead atoms. The third-order valence-corrected chi connectivity index (χ3v) is 5.67. The van der Waals surface area contributed by atoms with Gasteiger partial charge in [-0.2, -0.15) is 0 Å². The summed E-state index contributed by atoms with van der Waals surface area (Å²) in [6, 6.07) is 7.99. The van der Waals surface area contributed by atoms with Crippen LogP contribution in [-0.2, 0) is 24.2 Å². The fraction of sp³-hybridized carbons (Fsp3) is 0.524. The third kappa shape index (κ3) is 4.58. The van der Waals surface area contributed by atoms with Gasteiger partial charge in [-0.25, -0.2) is 0 Å². The summed E-state index contributed by atoms with van der Waals surface area (Å²) >= 11 is 0. The van der Waals surface area contributed by atoms with E-state index in [1.165, 1.54) is 24.8 Å². The van der Waals surface area contributed by atoms with Gasteiger partial charge in [-0.1, -0.05) is 24.6 Å². The molecule has 1 amide bonds. The Morgan fingerprint density at radius 2 is 2.14 bits per heavy atom. The molecule has 154 valence electrons. The molecule has 2 aliphatic rings. The van der Waals surface area contributed by atoms with Gasteiger partial charge in [0.25, 0.3) is 0 Å². The molecular formula is C21H29N7O. The normalized spacial score (nSPS) is 19.0. The minimum atomic E-state index is 0.0611. The highest BCUT2D eigenvalue weighted by atomic mass is 16.1. The van der Waals surface area contributed by atoms with Crippen molar-refractivity contribution in [2.45, 2.75) is 51.0 Å². The van der Waals surface area contributed by atoms with Crippen molar-refractivity contribution in [3.05, 3.63) is 41.5 Å². The molecule has 1 aromatic carbocycles. The number of para-hydroxylation sites is 1. The van der Waals surface area contributed by atoms with E-state index < -0.39 is 0 Å². The molecule has 4 rings (SSSR count). The molecule has 0 radical (unpaired) electrons. The number of carbonyl (C=O) groups is 1. The Balaban J connectivity index is 1.30. The monoisotopic (exact) mass is 395 g/mol. The first-order valence-electron chi connectivity index (χ1n) is 10.5. The molecule has 29 heavy (non-hydrogen) atoms. The molecule has 0 aliphatic carbocycles. The lowest BCUT2D eigenvalue weighted by Crippen LogP contribution is -2.41. The summed E-state index contributed by atoms with van der Waals surface area (Å²) in [6.45, 7) is 2.41. The van der Waals surface area contributed by atoms with Crippen molar-refractivity contribution < 1.29 is 4.79 Å². The lowest BCUT2D eigenvalue weighted by molar-refractivity contribution is -0.116. The molecule has 3 heterocycles. The number of aromatic nitrogens is 3. The van der Waals surface area contributed by atoms with E-state index in [1.54, 1.807) is 7.05 Å². The van der Waals surface area contributed by atoms with Crippen LogP contribution in [0.25, 0.3) is 0 Å². The summed E-state index contributed by atoms with van der Waals surface area (Å²) in [7, 11) is 1.76. The number of fused-ring (bicyclic) bond motifs is 2. The zero-order chi connectivity index (χ0) is 20.1. The summed E-state index contributed by atoms with van der Waals surface area (Å²) < 4.78 is 2.28. The number of aryl methyl sites for hydroxylation is 1. The Labute approximate surface area is 171 Å². The molecule has 2 aliphatic heterocycles. The van der Waals surface area contributed by atoms with Gasteiger partial charge >= 0.3 is 0 Å². The molecule has 1 unspecified atom stereocenters. The number of amides is 1. The van der Waals surface area contributed by atoms with Crippen LogP contribution in [0.5, 0.6) is 0 Å². The third-order valence-electron chi connectivity index (χ3n) is 5.67. The number of carbonyl (C=O) groups excluding carboxylic acids is 1. The Hall–Kier alpha value is -2.90. The molecule has 1 atom stereocenters. The number of benzene rings is 1. The van der Waals surface area contributed by atoms with E-state index in [2.05, 4.69) is 41.8 Å². The van der Waals surface area contributed by atoms with Crippen molar-refractivity contribution in [1.82, 2.24) is 25.4 Å². The number of guanidine groups is 1. The number of hydrogen-bond donors (Lipinski definition) is 3. The average Bonchev–Trinajstić information content (AvgIpc) is 2.96. The average molecular weight is 396 g/mol. The molecule has 3 N–H and O–H groups in total. The predicted molar refractivity (Wildman–Crippen MR) is 113 cm³/mol. The van der Waals surface area contributed by atoms with Gasteiger partial charge in [-0.3, -0.25) is 9.79 Å². The van der Waals surface area contributed by atoms with Crippen LogP contribution in [0.15, 0.2) is 29.3 Å². The van der Waals surface area contributed by atoms with Crippen LogP contribution in [0.1, 0.15) is 48.8 Å². The van der Waals surface area contributed by atoms with Gasteiger partial charge in [-0.15, -0.1) is 10.2 Å². The molecule has 0 fully saturated rings. The summed E-state index contributed by atoms with van der Waals surface area (Å²) in [6.07, 6.45) is 5.98. The molecule has 0 saturated carbocycles. The van der Waals surface area contributed by atoms with E-state index in [0.29, 0.717) is 13.0 Å². The SMILES string of the molecule is CN=C(NCCc1nnc2n1CCCCC2)NCC1CC(=O)Nc2ccccc21. The summed E-state index contributed by atoms with van der Waals surface area (Å²) in [4.78, 5) is 16.3. The first-order chi connectivity index (χ1) is 14.2. The Morgan fingerprint density at radius 1 is 1.24 bits per heavy atom. The molecule has 8 heteroatoms. The highest BCUT2D eigenvalue weighted by molar-refractivity contribution is 5.94. The second-order valence-electron chi connectivity index (χ2n) is 7.66. The smallest absolute Gasteiger partial charge is 0.225 e. The van der Waals surface area contributed by atoms with Crippen LogP contribution in [0, 0.1) is 0 Å². The lowest BCUT2D eigenvalue weighted by Gasteiger charge is -2.26. The highest BCUT2D eigenvalue weighted by Gasteiger charge is 2.24. The van der Waals surface area contributed by atoms with E-state index in [0.717, 1.165) is 49.2 Å². The molecule has 0 saturated heterocycles. The standard InChI is InChI=1S/C21H29N7O/c1-22-21(23-11-10-19-27-26-18-9-3-2-6-12-28(18)19)24-14-15-13-20(29)25-17-8-5-4-7-16(15)17/h4-5,7-8,15H,2-3,6,9-14H2,1H3,(H,25,29)(H2,22,23,24). The first-order valence-corrected chi connectivity index (χ1v) is 10.5. The van der Waals surface area contributed by atoms with Crippen LogP contribution in [0.2, 0.25) is 0 Å². The van der Waals surface area contributed by atoms with Crippen molar-refractivity contribution >= 4 is 17.6 Å². The fourth-order valence-electron chi connectivity index (χ4n) is 4.15. The Bertz CT molecular complexity index is 889. The summed E-state index contributed by atoms with van der Waals surface area (Å²) in [5, 5.41) is 18.4. The van der Waals surface area contributed by atoms with Crippen molar-refractivity contribution in [2.75, 3.05) is 25.5 Å². The number of anilines is 1. The van der Waals surface area contributed by atoms with Crippen molar-refractivity contribution in [3.63, 3.8) is 0 Å². The van der Waals surface area contributed by atoms with Gasteiger partial charge in [-0.05, 0) is 24.5 Å². The van der Waals surface area contributed by atoms with Crippen LogP contribution in [0.4, 0.5) is 5.69 Å². The molecule has 2 aromatic rings. The van der Waals surface area contributed by atoms with Gasteiger partial charge in [0, 0.05) is 57.5 Å². The maximum atomic E-state index is 12.0. The van der Waals surface area contributed by atoms with Crippen LogP contribution >= 0.6 is 0 Å². The summed E-state index contributed by atoms with van der Waals surface area (Å²) in [5.41, 5.74) is 2.08. The van der Waals surface area contributed by atoms with E-state index in [-0.39, 0.29) is 11.8 Å². The maximum Gasteiger partial charge on any atom is 0.225 e. The number of nitrogens with zero attached hydrogens (tertiary/aromatic N) is 4. The molecule has 0 spiro atoms. The maximum absolute atomic E-state index is 12.0. The first kappa shape index (κ1) is 19.4. The minimum Gasteiger partial charge on any atom is -0.356 e. The van der Waals surface area contributed by atoms with Crippen LogP contribution in [-0.4, -0.2) is 46.8 Å². The lowest BCUT2D eigenvalue weighted by atomic mass is 9.90. The second-order valence-corrected chi connectivity index (χ2v) is 7.66. The predicted octanol–water partition coefficient (Wildman–Crippen LogP) is 1.84. The summed E-state index contributed by atoms with van der Waals surface area (Å²) in [5.74, 6) is 3.10. The minimum absolute atomic E-state index is 0.0611. The van der Waals surface area contributed by atoms with Gasteiger partial charge in [0.15, 0.2) is 5.96 Å². The topological polar surface area (TPSA) is 96.2 Å². The van der Waals surface area contributed by atoms with Crippen molar-refractivity contribution in [1.29, 1.82) is 0 Å². The number of nitrogens with one attached hydrogen (secondary N) is 3. The van der Waals surface area contributed by atoms with Crippen molar-refractivity contribution in [2.24, 2.45) is 4.99 Å². The molecule has 1 aromatic heterocycles. The molecule has 8 nitrogen and oxygen atoms in total. The fourth-order valence-corrected chi connectivity index (χ4v) is 4.15. The van der Waals surface area contributed by atoms with E-state index in [1.807, 2.05) is 18.2 Å². The number of hydrogen-bond acceptors (Lipinski definition) is 4. The zero-order valence-corrected chi connectivity index (χ0v) is 16.9. The zero-order valence-electron chi connectivity index (χ0n) is 16.9. The van der Waals surface area contributed by atoms with E-state index in [9.17, 15) is 4.79 Å². The number of aliphatic imine (C=N–C) groups is 1. The largest absolute Gasteiger partial charge is 0.356 e. The van der Waals surface area contributed by atoms with Crippen molar-refractivity contribution in [3.8, 4) is 0 Å². The quantitative estimate of drug-likeness (QED) is 0.530. The highest BCUT2D eigenvalue weighted by Crippen LogP contribution is 2.31. The van der Waals surface area contributed by atoms with Crippen LogP contribution in [0.3, 0.4) is 0 Å². The Morgan fingerprint density at radius 3 is 3.03 bits per heavy atom. The van der Waals surface area contributed by atoms with E-state index >= 15 is 0 Å². The second kappa shape index (κ2) is 9.07. The van der Waals surface area contributed by atoms with Gasteiger partial charge in [0.2, 0.25) is 5.91 Å². The van der Waals surface area contributed by atoms with Gasteiger partial charge in [0.1, 0.15) is 11.6 Å². The van der Waals surface area contributed by atoms with Crippen LogP contribution < -0.4 is 16.0 Å². The number of rotatable bonds is 5.